The second-order valence-corrected chi connectivity index (χ2v) is 10.4. The number of rotatable bonds is 11. The molecule has 1 aliphatic heterocycles. The zero-order valence-electron chi connectivity index (χ0n) is 21.1. The molecule has 0 saturated heterocycles. The van der Waals surface area contributed by atoms with E-state index in [1.807, 2.05) is 60.7 Å². The Kier molecular flexibility index (Phi) is 9.51. The van der Waals surface area contributed by atoms with Gasteiger partial charge in [0.15, 0.2) is 10.8 Å². The number of hydrazone groups is 1. The summed E-state index contributed by atoms with van der Waals surface area (Å²) in [5, 5.41) is 16.9. The number of benzene rings is 3. The first-order valence-electron chi connectivity index (χ1n) is 12.6. The summed E-state index contributed by atoms with van der Waals surface area (Å²) in [6.45, 7) is 2.78. The third-order valence-corrected chi connectivity index (χ3v) is 7.30. The fourth-order valence-electron chi connectivity index (χ4n) is 4.12. The second kappa shape index (κ2) is 13.2. The van der Waals surface area contributed by atoms with E-state index in [2.05, 4.69) is 22.8 Å². The highest BCUT2D eigenvalue weighted by Crippen LogP contribution is 2.33. The van der Waals surface area contributed by atoms with Gasteiger partial charge < -0.3 is 15.3 Å². The van der Waals surface area contributed by atoms with Gasteiger partial charge in [-0.05, 0) is 73.1 Å². The highest BCUT2D eigenvalue weighted by molar-refractivity contribution is 7.99. The smallest absolute Gasteiger partial charge is 0.335 e. The Morgan fingerprint density at radius 2 is 1.82 bits per heavy atom. The Labute approximate surface area is 232 Å². The SMILES string of the molecule is CCCCCN1C(=O)C(=NNC(=S)Nc2ccccc2)c2cc(SCCc3ccc(C(=O)O)cc3)ccc21. The molecule has 0 aliphatic carbocycles. The van der Waals surface area contributed by atoms with Gasteiger partial charge in [0.25, 0.3) is 5.91 Å². The van der Waals surface area contributed by atoms with Crippen LogP contribution in [0.4, 0.5) is 11.4 Å². The van der Waals surface area contributed by atoms with Crippen molar-refractivity contribution >= 4 is 58.1 Å². The number of anilines is 2. The van der Waals surface area contributed by atoms with Crippen LogP contribution in [0, 0.1) is 0 Å². The van der Waals surface area contributed by atoms with Crippen LogP contribution in [0.1, 0.15) is 47.7 Å². The summed E-state index contributed by atoms with van der Waals surface area (Å²) < 4.78 is 0. The van der Waals surface area contributed by atoms with E-state index < -0.39 is 5.97 Å². The van der Waals surface area contributed by atoms with Crippen molar-refractivity contribution in [2.24, 2.45) is 5.10 Å². The van der Waals surface area contributed by atoms with Crippen molar-refractivity contribution in [2.75, 3.05) is 22.5 Å². The Hall–Kier alpha value is -3.69. The maximum atomic E-state index is 13.4. The number of carboxylic acids is 1. The summed E-state index contributed by atoms with van der Waals surface area (Å²) in [7, 11) is 0. The van der Waals surface area contributed by atoms with Gasteiger partial charge in [0.1, 0.15) is 0 Å². The van der Waals surface area contributed by atoms with E-state index in [0.29, 0.717) is 17.4 Å². The Morgan fingerprint density at radius 1 is 1.05 bits per heavy atom. The third-order valence-electron chi connectivity index (χ3n) is 6.11. The molecule has 0 unspecified atom stereocenters. The van der Waals surface area contributed by atoms with E-state index in [4.69, 9.17) is 17.3 Å². The molecule has 0 aromatic heterocycles. The number of hydrogen-bond acceptors (Lipinski definition) is 5. The van der Waals surface area contributed by atoms with Gasteiger partial charge >= 0.3 is 5.97 Å². The molecular weight excluding hydrogens is 516 g/mol. The minimum absolute atomic E-state index is 0.133. The van der Waals surface area contributed by atoms with Crippen LogP contribution in [-0.4, -0.2) is 40.1 Å². The standard InChI is InChI=1S/C29H30N4O3S2/c1-2-3-7-17-33-25-15-14-23(38-18-16-20-10-12-21(13-11-20)28(35)36)19-24(25)26(27(33)34)31-32-29(37)30-22-8-5-4-6-9-22/h4-6,8-15,19H,2-3,7,16-18H2,1H3,(H,35,36)(H2,30,32,37). The van der Waals surface area contributed by atoms with Crippen molar-refractivity contribution in [3.8, 4) is 0 Å². The molecule has 3 N–H and O–H groups in total. The molecule has 1 heterocycles. The van der Waals surface area contributed by atoms with Gasteiger partial charge in [0.2, 0.25) is 0 Å². The Bertz CT molecular complexity index is 1330. The maximum Gasteiger partial charge on any atom is 0.335 e. The van der Waals surface area contributed by atoms with Crippen LogP contribution >= 0.6 is 24.0 Å². The number of thioether (sulfide) groups is 1. The van der Waals surface area contributed by atoms with Gasteiger partial charge in [-0.15, -0.1) is 11.8 Å². The van der Waals surface area contributed by atoms with Crippen molar-refractivity contribution in [3.05, 3.63) is 89.5 Å². The summed E-state index contributed by atoms with van der Waals surface area (Å²) in [6, 6.07) is 22.5. The molecule has 3 aromatic carbocycles. The van der Waals surface area contributed by atoms with E-state index in [1.165, 1.54) is 0 Å². The summed E-state index contributed by atoms with van der Waals surface area (Å²) in [5.74, 6) is -0.243. The minimum atomic E-state index is -0.925. The fourth-order valence-corrected chi connectivity index (χ4v) is 5.22. The molecule has 3 aromatic rings. The van der Waals surface area contributed by atoms with Crippen LogP contribution in [0.5, 0.6) is 0 Å². The molecule has 0 spiro atoms. The second-order valence-electron chi connectivity index (χ2n) is 8.84. The lowest BCUT2D eigenvalue weighted by Crippen LogP contribution is -2.33. The van der Waals surface area contributed by atoms with Crippen LogP contribution in [0.3, 0.4) is 0 Å². The number of unbranched alkanes of at least 4 members (excludes halogenated alkanes) is 2. The van der Waals surface area contributed by atoms with Crippen LogP contribution in [0.2, 0.25) is 0 Å². The molecule has 38 heavy (non-hydrogen) atoms. The summed E-state index contributed by atoms with van der Waals surface area (Å²) in [5.41, 5.74) is 7.04. The first-order valence-corrected chi connectivity index (χ1v) is 14.0. The lowest BCUT2D eigenvalue weighted by molar-refractivity contribution is -0.112. The molecule has 0 fully saturated rings. The quantitative estimate of drug-likeness (QED) is 0.118. The molecule has 4 rings (SSSR count). The first kappa shape index (κ1) is 27.3. The number of aromatic carboxylic acids is 1. The minimum Gasteiger partial charge on any atom is -0.478 e. The Balaban J connectivity index is 1.47. The topological polar surface area (TPSA) is 94.0 Å². The summed E-state index contributed by atoms with van der Waals surface area (Å²) in [4.78, 5) is 27.3. The summed E-state index contributed by atoms with van der Waals surface area (Å²) in [6.07, 6.45) is 3.85. The van der Waals surface area contributed by atoms with Gasteiger partial charge in [-0.3, -0.25) is 10.2 Å². The number of thiocarbonyl (C=S) groups is 1. The van der Waals surface area contributed by atoms with Gasteiger partial charge in [-0.1, -0.05) is 50.1 Å². The normalized spacial score (nSPS) is 13.4. The fraction of sp³-hybridized carbons (Fsp3) is 0.241. The molecule has 0 saturated carbocycles. The average Bonchev–Trinajstić information content (AvgIpc) is 3.18. The van der Waals surface area contributed by atoms with Crippen LogP contribution in [0.15, 0.2) is 82.8 Å². The zero-order chi connectivity index (χ0) is 26.9. The monoisotopic (exact) mass is 546 g/mol. The number of aryl methyl sites for hydroxylation is 1. The predicted molar refractivity (Wildman–Crippen MR) is 158 cm³/mol. The zero-order valence-corrected chi connectivity index (χ0v) is 22.8. The van der Waals surface area contributed by atoms with Crippen molar-refractivity contribution in [1.82, 2.24) is 5.43 Å². The highest BCUT2D eigenvalue weighted by Gasteiger charge is 2.34. The van der Waals surface area contributed by atoms with Crippen molar-refractivity contribution in [2.45, 2.75) is 37.5 Å². The van der Waals surface area contributed by atoms with Gasteiger partial charge in [0, 0.05) is 28.4 Å². The number of carbonyl (C=O) groups excluding carboxylic acids is 1. The lowest BCUT2D eigenvalue weighted by atomic mass is 10.1. The average molecular weight is 547 g/mol. The van der Waals surface area contributed by atoms with Crippen LogP contribution in [-0.2, 0) is 11.2 Å². The van der Waals surface area contributed by atoms with Gasteiger partial charge in [0.05, 0.1) is 11.3 Å². The van der Waals surface area contributed by atoms with Crippen molar-refractivity contribution in [1.29, 1.82) is 0 Å². The number of amides is 1. The molecule has 0 atom stereocenters. The molecule has 7 nitrogen and oxygen atoms in total. The van der Waals surface area contributed by atoms with Gasteiger partial charge in [-0.25, -0.2) is 4.79 Å². The number of fused-ring (bicyclic) bond motifs is 1. The molecule has 0 bridgehead atoms. The largest absolute Gasteiger partial charge is 0.478 e. The molecule has 1 aliphatic rings. The van der Waals surface area contributed by atoms with Crippen LogP contribution < -0.4 is 15.6 Å². The van der Waals surface area contributed by atoms with Crippen LogP contribution in [0.25, 0.3) is 0 Å². The maximum absolute atomic E-state index is 13.4. The van der Waals surface area contributed by atoms with Crippen molar-refractivity contribution < 1.29 is 14.7 Å². The number of para-hydroxylation sites is 1. The molecular formula is C29H30N4O3S2. The van der Waals surface area contributed by atoms with E-state index in [9.17, 15) is 9.59 Å². The molecule has 196 valence electrons. The number of carboxylic acid groups (broad SMARTS) is 1. The number of carbonyl (C=O) groups is 2. The lowest BCUT2D eigenvalue weighted by Gasteiger charge is -2.16. The van der Waals surface area contributed by atoms with E-state index in [-0.39, 0.29) is 11.5 Å². The summed E-state index contributed by atoms with van der Waals surface area (Å²) >= 11 is 7.07. The van der Waals surface area contributed by atoms with Gasteiger partial charge in [-0.2, -0.15) is 5.10 Å². The highest BCUT2D eigenvalue weighted by atomic mass is 32.2. The van der Waals surface area contributed by atoms with E-state index in [1.54, 1.807) is 28.8 Å². The van der Waals surface area contributed by atoms with E-state index >= 15 is 0 Å². The number of nitrogens with one attached hydrogen (secondary N) is 2. The first-order chi connectivity index (χ1) is 18.5. The predicted octanol–water partition coefficient (Wildman–Crippen LogP) is 5.95. The number of hydrogen-bond donors (Lipinski definition) is 3. The Morgan fingerprint density at radius 3 is 2.53 bits per heavy atom. The number of nitrogens with zero attached hydrogens (tertiary/aromatic N) is 2. The van der Waals surface area contributed by atoms with E-state index in [0.717, 1.165) is 58.8 Å². The van der Waals surface area contributed by atoms with Crippen molar-refractivity contribution in [3.63, 3.8) is 0 Å². The molecule has 1 amide bonds. The third kappa shape index (κ3) is 6.99. The molecule has 9 heteroatoms. The molecule has 0 radical (unpaired) electrons.